The van der Waals surface area contributed by atoms with Crippen LogP contribution in [0.3, 0.4) is 0 Å². The predicted octanol–water partition coefficient (Wildman–Crippen LogP) is 3.51. The minimum atomic E-state index is -0.566. The topological polar surface area (TPSA) is 104 Å². The Balaban J connectivity index is 1.42. The molecule has 2 aliphatic rings. The third-order valence-electron chi connectivity index (χ3n) is 6.34. The van der Waals surface area contributed by atoms with Crippen LogP contribution in [0.2, 0.25) is 0 Å². The molecule has 0 amide bonds. The summed E-state index contributed by atoms with van der Waals surface area (Å²) in [5.74, 6) is 1.06. The van der Waals surface area contributed by atoms with E-state index in [2.05, 4.69) is 38.4 Å². The molecule has 8 heteroatoms. The molecule has 3 unspecified atom stereocenters. The molecule has 1 saturated heterocycles. The summed E-state index contributed by atoms with van der Waals surface area (Å²) in [6, 6.07) is 9.59. The van der Waals surface area contributed by atoms with Gasteiger partial charge in [-0.15, -0.1) is 0 Å². The Bertz CT molecular complexity index is 949. The van der Waals surface area contributed by atoms with Gasteiger partial charge in [-0.3, -0.25) is 15.0 Å². The predicted molar refractivity (Wildman–Crippen MR) is 124 cm³/mol. The number of rotatable bonds is 8. The Labute approximate surface area is 188 Å². The van der Waals surface area contributed by atoms with Crippen molar-refractivity contribution in [2.45, 2.75) is 50.7 Å². The van der Waals surface area contributed by atoms with Gasteiger partial charge in [-0.2, -0.15) is 0 Å². The number of nitrogens with one attached hydrogen (secondary N) is 1. The number of aliphatic hydroxyl groups excluding tert-OH is 1. The maximum absolute atomic E-state index is 11.1. The van der Waals surface area contributed by atoms with E-state index in [1.54, 1.807) is 6.20 Å². The third kappa shape index (κ3) is 5.89. The molecule has 2 N–H and O–H groups in total. The van der Waals surface area contributed by atoms with Crippen LogP contribution in [0.25, 0.3) is 11.3 Å². The third-order valence-corrected chi connectivity index (χ3v) is 6.34. The van der Waals surface area contributed by atoms with Gasteiger partial charge in [0, 0.05) is 49.2 Å². The van der Waals surface area contributed by atoms with E-state index in [-0.39, 0.29) is 17.6 Å². The summed E-state index contributed by atoms with van der Waals surface area (Å²) in [6.45, 7) is 3.28. The van der Waals surface area contributed by atoms with Crippen molar-refractivity contribution in [1.29, 1.82) is 0 Å². The molecule has 1 aromatic carbocycles. The molecule has 3 atom stereocenters. The van der Waals surface area contributed by atoms with Crippen molar-refractivity contribution in [1.82, 2.24) is 14.9 Å². The maximum atomic E-state index is 11.1. The summed E-state index contributed by atoms with van der Waals surface area (Å²) < 4.78 is 0. The summed E-state index contributed by atoms with van der Waals surface area (Å²) in [4.78, 5) is 22.4. The van der Waals surface area contributed by atoms with Crippen molar-refractivity contribution in [3.63, 3.8) is 0 Å². The average molecular weight is 438 g/mol. The fraction of sp³-hybridized carbons (Fsp3) is 0.500. The molecule has 8 nitrogen and oxygen atoms in total. The van der Waals surface area contributed by atoms with Gasteiger partial charge in [0.2, 0.25) is 12.0 Å². The number of hydrogen-bond donors (Lipinski definition) is 2. The van der Waals surface area contributed by atoms with Crippen LogP contribution in [0.5, 0.6) is 0 Å². The second-order valence-electron chi connectivity index (χ2n) is 8.81. The quantitative estimate of drug-likeness (QED) is 0.370. The number of aromatic nitrogens is 2. The molecule has 2 aromatic rings. The summed E-state index contributed by atoms with van der Waals surface area (Å²) in [7, 11) is 0. The molecular weight excluding hydrogens is 406 g/mol. The van der Waals surface area contributed by atoms with Gasteiger partial charge in [0.05, 0.1) is 11.7 Å². The Morgan fingerprint density at radius 1 is 1.31 bits per heavy atom. The first kappa shape index (κ1) is 22.4. The Morgan fingerprint density at radius 3 is 3.06 bits per heavy atom. The van der Waals surface area contributed by atoms with E-state index in [9.17, 15) is 15.2 Å². The van der Waals surface area contributed by atoms with Gasteiger partial charge in [0.1, 0.15) is 0 Å². The number of likely N-dealkylation sites (tertiary alicyclic amines) is 1. The number of benzene rings is 1. The van der Waals surface area contributed by atoms with Gasteiger partial charge in [-0.1, -0.05) is 30.4 Å². The molecule has 0 saturated carbocycles. The molecule has 1 fully saturated rings. The van der Waals surface area contributed by atoms with Crippen LogP contribution >= 0.6 is 0 Å². The second-order valence-corrected chi connectivity index (χ2v) is 8.81. The van der Waals surface area contributed by atoms with Gasteiger partial charge in [0.15, 0.2) is 0 Å². The van der Waals surface area contributed by atoms with Crippen molar-refractivity contribution in [2.75, 3.05) is 25.0 Å². The Hall–Kier alpha value is -2.84. The van der Waals surface area contributed by atoms with Crippen LogP contribution in [-0.2, 0) is 6.54 Å². The first-order valence-corrected chi connectivity index (χ1v) is 11.4. The van der Waals surface area contributed by atoms with E-state index in [4.69, 9.17) is 0 Å². The van der Waals surface area contributed by atoms with Crippen molar-refractivity contribution in [2.24, 2.45) is 5.92 Å². The standard InChI is InChI=1S/C24H31N5O3/c30-13-10-18-5-3-12-28(16-18)17-19-4-1-6-20(14-19)23-9-11-25-24(27-23)26-21-7-2-8-22(15-21)29(31)32/h1-2,4,6-7,9,11,14,18,21-22,30H,3,5,8,10,12-13,15-17H2,(H,25,26,27). The highest BCUT2D eigenvalue weighted by molar-refractivity contribution is 5.61. The summed E-state index contributed by atoms with van der Waals surface area (Å²) in [6.07, 6.45) is 9.69. The Kier molecular flexibility index (Phi) is 7.44. The van der Waals surface area contributed by atoms with Crippen LogP contribution in [0, 0.1) is 16.0 Å². The molecule has 0 spiro atoms. The summed E-state index contributed by atoms with van der Waals surface area (Å²) in [5.41, 5.74) is 3.09. The molecular formula is C24H31N5O3. The van der Waals surface area contributed by atoms with Gasteiger partial charge < -0.3 is 10.4 Å². The van der Waals surface area contributed by atoms with Crippen LogP contribution in [0.15, 0.2) is 48.7 Å². The lowest BCUT2D eigenvalue weighted by Gasteiger charge is -2.32. The number of nitro groups is 1. The molecule has 0 radical (unpaired) electrons. The smallest absolute Gasteiger partial charge is 0.223 e. The van der Waals surface area contributed by atoms with Crippen LogP contribution < -0.4 is 5.32 Å². The number of aliphatic hydroxyl groups is 1. The van der Waals surface area contributed by atoms with Gasteiger partial charge in [-0.25, -0.2) is 9.97 Å². The number of hydrogen-bond acceptors (Lipinski definition) is 7. The molecule has 4 rings (SSSR count). The first-order chi connectivity index (χ1) is 15.6. The van der Waals surface area contributed by atoms with E-state index in [0.29, 0.717) is 24.7 Å². The highest BCUT2D eigenvalue weighted by atomic mass is 16.6. The van der Waals surface area contributed by atoms with E-state index < -0.39 is 6.04 Å². The lowest BCUT2D eigenvalue weighted by Crippen LogP contribution is -2.35. The lowest BCUT2D eigenvalue weighted by atomic mass is 9.94. The molecule has 2 heterocycles. The fourth-order valence-electron chi connectivity index (χ4n) is 4.70. The van der Waals surface area contributed by atoms with Crippen molar-refractivity contribution in [3.8, 4) is 11.3 Å². The van der Waals surface area contributed by atoms with Gasteiger partial charge in [-0.05, 0) is 49.4 Å². The van der Waals surface area contributed by atoms with E-state index in [1.165, 1.54) is 18.4 Å². The van der Waals surface area contributed by atoms with Crippen LogP contribution in [0.1, 0.15) is 37.7 Å². The minimum Gasteiger partial charge on any atom is -0.396 e. The minimum absolute atomic E-state index is 0.147. The zero-order chi connectivity index (χ0) is 22.3. The molecule has 170 valence electrons. The molecule has 1 aromatic heterocycles. The zero-order valence-electron chi connectivity index (χ0n) is 18.3. The van der Waals surface area contributed by atoms with E-state index in [1.807, 2.05) is 24.3 Å². The highest BCUT2D eigenvalue weighted by Gasteiger charge is 2.26. The molecule has 32 heavy (non-hydrogen) atoms. The summed E-state index contributed by atoms with van der Waals surface area (Å²) in [5, 5.41) is 23.6. The number of nitrogens with zero attached hydrogens (tertiary/aromatic N) is 4. The molecule has 1 aliphatic carbocycles. The zero-order valence-corrected chi connectivity index (χ0v) is 18.3. The average Bonchev–Trinajstić information content (AvgIpc) is 2.80. The number of piperidine rings is 1. The second kappa shape index (κ2) is 10.7. The monoisotopic (exact) mass is 437 g/mol. The van der Waals surface area contributed by atoms with Crippen LogP contribution in [0.4, 0.5) is 5.95 Å². The molecule has 0 bridgehead atoms. The SMILES string of the molecule is O=[N+]([O-])C1CC=CC(Nc2nccc(-c3cccc(CN4CCCC(CCO)C4)c3)n2)C1. The normalized spacial score (nSPS) is 23.7. The first-order valence-electron chi connectivity index (χ1n) is 11.4. The van der Waals surface area contributed by atoms with Crippen molar-refractivity contribution in [3.05, 3.63) is 64.4 Å². The summed E-state index contributed by atoms with van der Waals surface area (Å²) >= 11 is 0. The lowest BCUT2D eigenvalue weighted by molar-refractivity contribution is -0.523. The fourth-order valence-corrected chi connectivity index (χ4v) is 4.70. The van der Waals surface area contributed by atoms with E-state index >= 15 is 0 Å². The number of anilines is 1. The largest absolute Gasteiger partial charge is 0.396 e. The van der Waals surface area contributed by atoms with Crippen molar-refractivity contribution >= 4 is 5.95 Å². The van der Waals surface area contributed by atoms with Gasteiger partial charge >= 0.3 is 0 Å². The Morgan fingerprint density at radius 2 is 2.22 bits per heavy atom. The van der Waals surface area contributed by atoms with Gasteiger partial charge in [0.25, 0.3) is 0 Å². The van der Waals surface area contributed by atoms with Crippen molar-refractivity contribution < 1.29 is 10.0 Å². The maximum Gasteiger partial charge on any atom is 0.223 e. The molecule has 1 aliphatic heterocycles. The van der Waals surface area contributed by atoms with E-state index in [0.717, 1.165) is 37.3 Å². The highest BCUT2D eigenvalue weighted by Crippen LogP contribution is 2.24. The van der Waals surface area contributed by atoms with Crippen LogP contribution in [-0.4, -0.2) is 56.7 Å².